The van der Waals surface area contributed by atoms with Gasteiger partial charge in [-0.2, -0.15) is 0 Å². The molecule has 0 bridgehead atoms. The minimum Gasteiger partial charge on any atom is -0.326 e. The van der Waals surface area contributed by atoms with E-state index in [4.69, 9.17) is 0 Å². The zero-order valence-corrected chi connectivity index (χ0v) is 12.4. The Hall–Kier alpha value is -1.88. The molecule has 1 saturated carbocycles. The van der Waals surface area contributed by atoms with E-state index in [1.165, 1.54) is 32.6 Å². The number of hydrogen-bond acceptors (Lipinski definition) is 3. The molecule has 3 N–H and O–H groups in total. The van der Waals surface area contributed by atoms with Crippen LogP contribution >= 0.6 is 0 Å². The third-order valence-corrected chi connectivity index (χ3v) is 3.61. The largest absolute Gasteiger partial charge is 0.326 e. The van der Waals surface area contributed by atoms with Crippen molar-refractivity contribution in [3.8, 4) is 0 Å². The van der Waals surface area contributed by atoms with Crippen LogP contribution in [-0.2, 0) is 9.59 Å². The molecule has 1 aliphatic rings. The van der Waals surface area contributed by atoms with E-state index in [0.717, 1.165) is 0 Å². The fraction of sp³-hybridized carbons (Fsp3) is 0.500. The van der Waals surface area contributed by atoms with Crippen molar-refractivity contribution in [1.29, 1.82) is 0 Å². The van der Waals surface area contributed by atoms with Gasteiger partial charge in [0.25, 0.3) is 0 Å². The highest BCUT2D eigenvalue weighted by Crippen LogP contribution is 2.17. The Labute approximate surface area is 125 Å². The summed E-state index contributed by atoms with van der Waals surface area (Å²) in [7, 11) is 0. The Bertz CT molecular complexity index is 496. The van der Waals surface area contributed by atoms with Gasteiger partial charge in [-0.15, -0.1) is 0 Å². The zero-order chi connectivity index (χ0) is 15.1. The summed E-state index contributed by atoms with van der Waals surface area (Å²) in [5.41, 5.74) is 1.39. The van der Waals surface area contributed by atoms with Gasteiger partial charge in [0.2, 0.25) is 11.8 Å². The van der Waals surface area contributed by atoms with Crippen molar-refractivity contribution in [3.63, 3.8) is 0 Å². The number of rotatable bonds is 6. The molecule has 0 spiro atoms. The van der Waals surface area contributed by atoms with Crippen LogP contribution in [-0.4, -0.2) is 24.4 Å². The standard InChI is InChI=1S/C16H23N3O2/c1-12(20)18-14-7-4-8-15(11-14)19-16(21)9-10-17-13-5-2-3-6-13/h4,7-8,11,13,17H,2-3,5-6,9-10H2,1H3,(H,18,20)(H,19,21). The second kappa shape index (κ2) is 7.78. The van der Waals surface area contributed by atoms with Crippen molar-refractivity contribution >= 4 is 23.2 Å². The summed E-state index contributed by atoms with van der Waals surface area (Å²) < 4.78 is 0. The highest BCUT2D eigenvalue weighted by Gasteiger charge is 2.14. The zero-order valence-electron chi connectivity index (χ0n) is 12.4. The van der Waals surface area contributed by atoms with E-state index in [-0.39, 0.29) is 11.8 Å². The Morgan fingerprint density at radius 1 is 1.14 bits per heavy atom. The number of nitrogens with one attached hydrogen (secondary N) is 3. The van der Waals surface area contributed by atoms with Crippen LogP contribution in [0.2, 0.25) is 0 Å². The Morgan fingerprint density at radius 3 is 2.48 bits per heavy atom. The molecule has 2 rings (SSSR count). The molecule has 0 saturated heterocycles. The summed E-state index contributed by atoms with van der Waals surface area (Å²) in [6.07, 6.45) is 5.49. The Kier molecular flexibility index (Phi) is 5.75. The van der Waals surface area contributed by atoms with Crippen LogP contribution in [0.25, 0.3) is 0 Å². The number of benzene rings is 1. The molecule has 0 heterocycles. The molecule has 1 fully saturated rings. The van der Waals surface area contributed by atoms with Crippen molar-refractivity contribution < 1.29 is 9.59 Å². The molecule has 0 aliphatic heterocycles. The normalized spacial score (nSPS) is 14.9. The van der Waals surface area contributed by atoms with Crippen LogP contribution in [0, 0.1) is 0 Å². The van der Waals surface area contributed by atoms with Gasteiger partial charge < -0.3 is 16.0 Å². The molecule has 0 unspecified atom stereocenters. The lowest BCUT2D eigenvalue weighted by atomic mass is 10.2. The molecule has 5 nitrogen and oxygen atoms in total. The molecular formula is C16H23N3O2. The van der Waals surface area contributed by atoms with Crippen molar-refractivity contribution in [2.24, 2.45) is 0 Å². The van der Waals surface area contributed by atoms with Crippen LogP contribution in [0.1, 0.15) is 39.0 Å². The highest BCUT2D eigenvalue weighted by atomic mass is 16.2. The second-order valence-corrected chi connectivity index (χ2v) is 5.50. The van der Waals surface area contributed by atoms with E-state index in [0.29, 0.717) is 30.4 Å². The summed E-state index contributed by atoms with van der Waals surface area (Å²) in [6.45, 7) is 2.17. The summed E-state index contributed by atoms with van der Waals surface area (Å²) in [4.78, 5) is 22.9. The summed E-state index contributed by atoms with van der Waals surface area (Å²) in [6, 6.07) is 7.74. The second-order valence-electron chi connectivity index (χ2n) is 5.50. The predicted molar refractivity (Wildman–Crippen MR) is 84.3 cm³/mol. The lowest BCUT2D eigenvalue weighted by Crippen LogP contribution is -2.29. The molecule has 0 atom stereocenters. The van der Waals surface area contributed by atoms with Crippen molar-refractivity contribution in [3.05, 3.63) is 24.3 Å². The maximum Gasteiger partial charge on any atom is 0.225 e. The van der Waals surface area contributed by atoms with E-state index in [1.54, 1.807) is 18.2 Å². The first-order chi connectivity index (χ1) is 10.1. The van der Waals surface area contributed by atoms with Gasteiger partial charge in [0.05, 0.1) is 0 Å². The van der Waals surface area contributed by atoms with Crippen molar-refractivity contribution in [1.82, 2.24) is 5.32 Å². The van der Waals surface area contributed by atoms with E-state index in [2.05, 4.69) is 16.0 Å². The number of carbonyl (C=O) groups is 2. The fourth-order valence-electron chi connectivity index (χ4n) is 2.62. The molecule has 0 aromatic heterocycles. The molecule has 21 heavy (non-hydrogen) atoms. The molecule has 114 valence electrons. The number of carbonyl (C=O) groups excluding carboxylic acids is 2. The summed E-state index contributed by atoms with van der Waals surface area (Å²) >= 11 is 0. The molecule has 1 aliphatic carbocycles. The van der Waals surface area contributed by atoms with Gasteiger partial charge >= 0.3 is 0 Å². The maximum atomic E-state index is 11.9. The summed E-state index contributed by atoms with van der Waals surface area (Å²) in [5.74, 6) is -0.139. The predicted octanol–water partition coefficient (Wildman–Crippen LogP) is 2.51. The minimum absolute atomic E-state index is 0.0135. The molecular weight excluding hydrogens is 266 g/mol. The van der Waals surface area contributed by atoms with E-state index in [9.17, 15) is 9.59 Å². The Morgan fingerprint density at radius 2 is 1.81 bits per heavy atom. The van der Waals surface area contributed by atoms with Crippen LogP contribution in [0.4, 0.5) is 11.4 Å². The molecule has 5 heteroatoms. The SMILES string of the molecule is CC(=O)Nc1cccc(NC(=O)CCNC2CCCC2)c1. The molecule has 2 amide bonds. The van der Waals surface area contributed by atoms with Gasteiger partial charge in [-0.25, -0.2) is 0 Å². The van der Waals surface area contributed by atoms with Crippen LogP contribution in [0.15, 0.2) is 24.3 Å². The first kappa shape index (κ1) is 15.5. The molecule has 0 radical (unpaired) electrons. The Balaban J connectivity index is 1.75. The third kappa shape index (κ3) is 5.55. The van der Waals surface area contributed by atoms with Gasteiger partial charge in [0.1, 0.15) is 0 Å². The van der Waals surface area contributed by atoms with Gasteiger partial charge in [-0.05, 0) is 31.0 Å². The first-order valence-electron chi connectivity index (χ1n) is 7.54. The maximum absolute atomic E-state index is 11.9. The van der Waals surface area contributed by atoms with E-state index >= 15 is 0 Å². The monoisotopic (exact) mass is 289 g/mol. The van der Waals surface area contributed by atoms with Gasteiger partial charge in [-0.3, -0.25) is 9.59 Å². The van der Waals surface area contributed by atoms with Crippen LogP contribution < -0.4 is 16.0 Å². The van der Waals surface area contributed by atoms with Crippen molar-refractivity contribution in [2.75, 3.05) is 17.2 Å². The fourth-order valence-corrected chi connectivity index (χ4v) is 2.62. The average molecular weight is 289 g/mol. The lowest BCUT2D eigenvalue weighted by molar-refractivity contribution is -0.116. The molecule has 1 aromatic carbocycles. The van der Waals surface area contributed by atoms with Crippen LogP contribution in [0.3, 0.4) is 0 Å². The summed E-state index contributed by atoms with van der Waals surface area (Å²) in [5, 5.41) is 8.96. The van der Waals surface area contributed by atoms with Gasteiger partial charge in [0, 0.05) is 37.3 Å². The highest BCUT2D eigenvalue weighted by molar-refractivity contribution is 5.93. The van der Waals surface area contributed by atoms with Gasteiger partial charge in [0.15, 0.2) is 0 Å². The first-order valence-corrected chi connectivity index (χ1v) is 7.54. The average Bonchev–Trinajstić information content (AvgIpc) is 2.91. The lowest BCUT2D eigenvalue weighted by Gasteiger charge is -2.12. The van der Waals surface area contributed by atoms with E-state index in [1.807, 2.05) is 6.07 Å². The van der Waals surface area contributed by atoms with Crippen LogP contribution in [0.5, 0.6) is 0 Å². The number of amides is 2. The minimum atomic E-state index is -0.126. The number of anilines is 2. The number of hydrogen-bond donors (Lipinski definition) is 3. The topological polar surface area (TPSA) is 70.2 Å². The van der Waals surface area contributed by atoms with Crippen molar-refractivity contribution in [2.45, 2.75) is 45.1 Å². The molecule has 1 aromatic rings. The van der Waals surface area contributed by atoms with E-state index < -0.39 is 0 Å². The quantitative estimate of drug-likeness (QED) is 0.753. The van der Waals surface area contributed by atoms with Gasteiger partial charge in [-0.1, -0.05) is 18.9 Å². The third-order valence-electron chi connectivity index (χ3n) is 3.61. The smallest absolute Gasteiger partial charge is 0.225 e.